The van der Waals surface area contributed by atoms with Crippen molar-refractivity contribution in [3.63, 3.8) is 0 Å². The average molecular weight is 968 g/mol. The second kappa shape index (κ2) is 28.1. The zero-order valence-electron chi connectivity index (χ0n) is 37.6. The molecule has 0 unspecified atom stereocenters. The third kappa shape index (κ3) is 19.7. The van der Waals surface area contributed by atoms with Gasteiger partial charge in [-0.05, 0) is 48.6 Å². The van der Waals surface area contributed by atoms with E-state index in [1.54, 1.807) is 32.2 Å². The van der Waals surface area contributed by atoms with Gasteiger partial charge < -0.3 is 60.7 Å². The van der Waals surface area contributed by atoms with Gasteiger partial charge in [0.25, 0.3) is 17.5 Å². The molecule has 1 aliphatic heterocycles. The van der Waals surface area contributed by atoms with Crippen molar-refractivity contribution >= 4 is 59.4 Å². The van der Waals surface area contributed by atoms with E-state index in [9.17, 15) is 48.5 Å². The van der Waals surface area contributed by atoms with Crippen LogP contribution in [-0.4, -0.2) is 138 Å². The van der Waals surface area contributed by atoms with Gasteiger partial charge in [-0.25, -0.2) is 23.9 Å². The van der Waals surface area contributed by atoms with E-state index in [1.807, 2.05) is 0 Å². The maximum absolute atomic E-state index is 13.5. The summed E-state index contributed by atoms with van der Waals surface area (Å²) in [6, 6.07) is 8.05. The number of nitro benzene ring substituents is 1. The predicted octanol–water partition coefficient (Wildman–Crippen LogP) is 1.41. The smallest absolute Gasteiger partial charge is 0.447 e. The van der Waals surface area contributed by atoms with Crippen LogP contribution in [0, 0.1) is 16.0 Å². The van der Waals surface area contributed by atoms with E-state index in [0.29, 0.717) is 16.9 Å². The lowest BCUT2D eigenvalue weighted by Crippen LogP contribution is -2.54. The van der Waals surface area contributed by atoms with E-state index in [-0.39, 0.29) is 96.7 Å². The first kappa shape index (κ1) is 53.4. The van der Waals surface area contributed by atoms with E-state index in [4.69, 9.17) is 34.2 Å². The molecule has 69 heavy (non-hydrogen) atoms. The van der Waals surface area contributed by atoms with Gasteiger partial charge in [-0.3, -0.25) is 34.2 Å². The van der Waals surface area contributed by atoms with Gasteiger partial charge in [0.2, 0.25) is 11.8 Å². The first-order valence-electron chi connectivity index (χ1n) is 21.3. The minimum atomic E-state index is -1.12. The zero-order valence-corrected chi connectivity index (χ0v) is 37.6. The highest BCUT2D eigenvalue weighted by molar-refractivity contribution is 6.12. The van der Waals surface area contributed by atoms with E-state index in [2.05, 4.69) is 36.9 Å². The molecule has 0 spiro atoms. The molecule has 0 saturated heterocycles. The number of alkyl carbamates (subject to hydrolysis) is 2. The number of ether oxygens (including phenoxy) is 6. The summed E-state index contributed by atoms with van der Waals surface area (Å²) in [7, 11) is 0. The van der Waals surface area contributed by atoms with Gasteiger partial charge in [-0.1, -0.05) is 31.2 Å². The standard InChI is InChI=1S/C42H53N11O16/c1-27(2)36(48-41(60)67-23-21-64-18-16-51-25-30(49-50-51)24-45-40(59)66-22-20-65-19-17-52-34(54)13-14-35(52)55)38(57)47-33(4-3-15-44-39(43)58)37(56)46-29-7-5-28(6-8-29)26-68-42(61)69-32-11-9-31(10-12-32)53(62)63/h5-14,25,27,33,36H,3-4,15-24,26H2,1-2H3,(H,45,59)(H,46,56)(H,47,57)(H,48,60)(H3,43,44,58)/t33-,36-/m0/s1. The van der Waals surface area contributed by atoms with Gasteiger partial charge >= 0.3 is 24.4 Å². The lowest BCUT2D eigenvalue weighted by molar-refractivity contribution is -0.384. The highest BCUT2D eigenvalue weighted by Gasteiger charge is 2.29. The van der Waals surface area contributed by atoms with Crippen LogP contribution >= 0.6 is 0 Å². The van der Waals surface area contributed by atoms with Crippen LogP contribution in [0.5, 0.6) is 5.75 Å². The fourth-order valence-corrected chi connectivity index (χ4v) is 5.87. The Bertz CT molecular complexity index is 2250. The van der Waals surface area contributed by atoms with E-state index in [0.717, 1.165) is 4.90 Å². The molecule has 0 bridgehead atoms. The average Bonchev–Trinajstić information content (AvgIpc) is 3.91. The summed E-state index contributed by atoms with van der Waals surface area (Å²) in [4.78, 5) is 109. The van der Waals surface area contributed by atoms with Crippen LogP contribution in [0.1, 0.15) is 37.9 Å². The molecule has 1 aromatic heterocycles. The van der Waals surface area contributed by atoms with Crippen LogP contribution in [0.25, 0.3) is 0 Å². The first-order chi connectivity index (χ1) is 33.1. The van der Waals surface area contributed by atoms with E-state index < -0.39 is 70.9 Å². The number of nitrogens with zero attached hydrogens (tertiary/aromatic N) is 5. The molecule has 2 heterocycles. The minimum absolute atomic E-state index is 0.00272. The molecule has 27 heteroatoms. The van der Waals surface area contributed by atoms with Crippen molar-refractivity contribution in [3.05, 3.63) is 88.3 Å². The lowest BCUT2D eigenvalue weighted by Gasteiger charge is -2.25. The van der Waals surface area contributed by atoms with Crippen molar-refractivity contribution in [2.24, 2.45) is 11.7 Å². The zero-order chi connectivity index (χ0) is 50.1. The first-order valence-corrected chi connectivity index (χ1v) is 21.3. The van der Waals surface area contributed by atoms with Gasteiger partial charge in [0.1, 0.15) is 43.3 Å². The Labute approximate surface area is 393 Å². The van der Waals surface area contributed by atoms with Crippen LogP contribution < -0.4 is 37.1 Å². The van der Waals surface area contributed by atoms with Crippen molar-refractivity contribution < 1.29 is 71.7 Å². The number of aromatic nitrogens is 3. The number of hydrogen-bond acceptors (Lipinski definition) is 18. The molecule has 7 N–H and O–H groups in total. The Hall–Kier alpha value is -8.20. The molecule has 0 radical (unpaired) electrons. The molecule has 0 fully saturated rings. The van der Waals surface area contributed by atoms with Gasteiger partial charge in [0, 0.05) is 36.5 Å². The number of nitro groups is 1. The third-order valence-corrected chi connectivity index (χ3v) is 9.40. The van der Waals surface area contributed by atoms with Crippen LogP contribution in [0.2, 0.25) is 0 Å². The van der Waals surface area contributed by atoms with Crippen molar-refractivity contribution in [2.75, 3.05) is 58.0 Å². The second-order valence-electron chi connectivity index (χ2n) is 14.9. The highest BCUT2D eigenvalue weighted by Crippen LogP contribution is 2.18. The molecule has 1 aliphatic rings. The Kier molecular flexibility index (Phi) is 21.7. The van der Waals surface area contributed by atoms with E-state index >= 15 is 0 Å². The maximum atomic E-state index is 13.5. The summed E-state index contributed by atoms with van der Waals surface area (Å²) in [5.41, 5.74) is 6.28. The number of imide groups is 1. The largest absolute Gasteiger partial charge is 0.514 e. The summed E-state index contributed by atoms with van der Waals surface area (Å²) in [5, 5.41) is 31.6. The summed E-state index contributed by atoms with van der Waals surface area (Å²) in [6.45, 7) is 3.78. The molecule has 27 nitrogen and oxygen atoms in total. The number of carbonyl (C=O) groups is 8. The monoisotopic (exact) mass is 967 g/mol. The molecule has 0 aliphatic carbocycles. The topological polar surface area (TPSA) is 355 Å². The Balaban J connectivity index is 1.13. The number of carbonyl (C=O) groups excluding carboxylic acids is 8. The van der Waals surface area contributed by atoms with Crippen molar-refractivity contribution in [3.8, 4) is 5.75 Å². The molecular formula is C42H53N11O16. The molecule has 2 aromatic carbocycles. The fraction of sp³-hybridized carbons (Fsp3) is 0.429. The van der Waals surface area contributed by atoms with Gasteiger partial charge in [-0.15, -0.1) is 5.10 Å². The van der Waals surface area contributed by atoms with Crippen LogP contribution in [-0.2, 0) is 62.6 Å². The summed E-state index contributed by atoms with van der Waals surface area (Å²) >= 11 is 0. The Morgan fingerprint density at radius 1 is 0.783 bits per heavy atom. The predicted molar refractivity (Wildman–Crippen MR) is 237 cm³/mol. The molecule has 2 atom stereocenters. The number of nitrogens with one attached hydrogen (secondary N) is 5. The summed E-state index contributed by atoms with van der Waals surface area (Å²) in [5.74, 6) is -2.50. The van der Waals surface area contributed by atoms with Crippen LogP contribution in [0.3, 0.4) is 0 Å². The van der Waals surface area contributed by atoms with Crippen LogP contribution in [0.15, 0.2) is 66.9 Å². The van der Waals surface area contributed by atoms with Crippen molar-refractivity contribution in [1.82, 2.24) is 41.2 Å². The fourth-order valence-electron chi connectivity index (χ4n) is 5.87. The van der Waals surface area contributed by atoms with Crippen molar-refractivity contribution in [1.29, 1.82) is 0 Å². The second-order valence-corrected chi connectivity index (χ2v) is 14.9. The molecule has 372 valence electrons. The van der Waals surface area contributed by atoms with Crippen LogP contribution in [0.4, 0.5) is 30.6 Å². The number of non-ortho nitro benzene ring substituents is 1. The highest BCUT2D eigenvalue weighted by atomic mass is 16.7. The third-order valence-electron chi connectivity index (χ3n) is 9.40. The SMILES string of the molecule is CC(C)[C@H](NC(=O)OCCOCCn1cc(CNC(=O)OCCOCCN2C(=O)C=CC2=O)nn1)C(=O)N[C@@H](CCCNC(N)=O)C(=O)Nc1ccc(COC(=O)Oc2ccc([N+](=O)[O-])cc2)cc1. The summed E-state index contributed by atoms with van der Waals surface area (Å²) < 4.78 is 32.6. The quantitative estimate of drug-likeness (QED) is 0.0114. The molecular weight excluding hydrogens is 915 g/mol. The molecule has 4 rings (SSSR count). The minimum Gasteiger partial charge on any atom is -0.447 e. The summed E-state index contributed by atoms with van der Waals surface area (Å²) in [6.07, 6.45) is 1.59. The number of hydrogen-bond donors (Lipinski definition) is 6. The number of nitrogens with two attached hydrogens (primary N) is 1. The number of anilines is 1. The Morgan fingerprint density at radius 2 is 1.43 bits per heavy atom. The lowest BCUT2D eigenvalue weighted by atomic mass is 10.0. The van der Waals surface area contributed by atoms with Gasteiger partial charge in [0.05, 0.1) is 57.2 Å². The normalized spacial score (nSPS) is 12.7. The molecule has 0 saturated carbocycles. The number of amides is 8. The molecule has 3 aromatic rings. The molecule has 8 amide bonds. The van der Waals surface area contributed by atoms with Gasteiger partial charge in [-0.2, -0.15) is 0 Å². The number of urea groups is 1. The maximum Gasteiger partial charge on any atom is 0.514 e. The van der Waals surface area contributed by atoms with Crippen molar-refractivity contribution in [2.45, 2.75) is 58.5 Å². The number of primary amides is 1. The van der Waals surface area contributed by atoms with E-state index in [1.165, 1.54) is 53.2 Å². The van der Waals surface area contributed by atoms with Gasteiger partial charge in [0.15, 0.2) is 0 Å². The number of benzene rings is 2. The Morgan fingerprint density at radius 3 is 2.07 bits per heavy atom. The number of rotatable bonds is 28.